The number of phenols is 1. The van der Waals surface area contributed by atoms with Crippen LogP contribution in [-0.2, 0) is 40.5 Å². The van der Waals surface area contributed by atoms with Crippen molar-refractivity contribution in [3.8, 4) is 5.75 Å². The molecule has 0 unspecified atom stereocenters. The second-order valence-electron chi connectivity index (χ2n) is 14.0. The van der Waals surface area contributed by atoms with Crippen molar-refractivity contribution >= 4 is 118 Å². The second-order valence-corrected chi connectivity index (χ2v) is 19.5. The van der Waals surface area contributed by atoms with Crippen molar-refractivity contribution in [2.75, 3.05) is 5.32 Å². The molecule has 0 amide bonds. The largest absolute Gasteiger partial charge is 1.00 e. The summed E-state index contributed by atoms with van der Waals surface area (Å²) in [7, 11) is -20.2. The Labute approximate surface area is 488 Å². The van der Waals surface area contributed by atoms with Gasteiger partial charge in [-0.2, -0.15) is 5.11 Å². The minimum Gasteiger partial charge on any atom is -0.744 e. The molecule has 70 heavy (non-hydrogen) atoms. The molecule has 0 fully saturated rings. The van der Waals surface area contributed by atoms with Gasteiger partial charge in [0.2, 0.25) is 0 Å². The maximum Gasteiger partial charge on any atom is 1.00 e. The Morgan fingerprint density at radius 3 is 1.34 bits per heavy atom. The van der Waals surface area contributed by atoms with Crippen LogP contribution >= 0.6 is 0 Å². The minimum atomic E-state index is -5.30. The molecule has 8 aromatic carbocycles. The van der Waals surface area contributed by atoms with Crippen molar-refractivity contribution in [3.63, 3.8) is 0 Å². The molecule has 0 spiro atoms. The molecule has 0 aliphatic carbocycles. The SMILES string of the molecule is O=S(=O)([O-])c1cccc(N=Nc2ccc(N=Nc3ccc(N=Nc4c(S(=O)(=O)[O-])cc5cc(Nc6ccccc6)ccc5c4O)c4cc(S(=O)(=O)[O-])ccc34)c3ccc(S(=O)(=O)[O-])cc23)c1.[Na+].[Na+].[Na+].[Na+]. The summed E-state index contributed by atoms with van der Waals surface area (Å²) in [6, 6.07) is 31.0. The van der Waals surface area contributed by atoms with Gasteiger partial charge in [0, 0.05) is 38.3 Å². The normalized spacial score (nSPS) is 12.2. The van der Waals surface area contributed by atoms with E-state index in [1.165, 1.54) is 60.7 Å². The standard InChI is InChI=1S/C42H29N7O13S4.4Na/c50-42-31-12-9-26(43-25-5-2-1-3-6-25)19-24(31)20-40(66(60,61)62)41(42)49-48-39-18-16-37(33-14-11-30(23-35(33)39)65(57,58)59)47-46-36-15-17-38(34-22-29(64(54,55)56)10-13-32(34)36)45-44-27-7-4-8-28(21-27)63(51,52)53;;;;/h1-23,43,50H,(H,51,52,53)(H,54,55,56)(H,57,58,59)(H,60,61,62);;;;/q;4*+1/p-4. The molecule has 0 saturated carbocycles. The van der Waals surface area contributed by atoms with Crippen LogP contribution in [0.2, 0.25) is 0 Å². The van der Waals surface area contributed by atoms with Gasteiger partial charge >= 0.3 is 118 Å². The number of hydrogen-bond acceptors (Lipinski definition) is 20. The molecule has 0 saturated heterocycles. The Balaban J connectivity index is 0.00000266. The maximum atomic E-state index is 12.5. The van der Waals surface area contributed by atoms with Crippen molar-refractivity contribution in [2.45, 2.75) is 19.6 Å². The van der Waals surface area contributed by atoms with Crippen LogP contribution in [0.4, 0.5) is 45.5 Å². The molecule has 0 radical (unpaired) electrons. The molecule has 0 aliphatic rings. The third-order valence-corrected chi connectivity index (χ3v) is 13.1. The number of hydrogen-bond donors (Lipinski definition) is 2. The molecule has 28 heteroatoms. The fourth-order valence-electron chi connectivity index (χ4n) is 6.68. The monoisotopic (exact) mass is 1050 g/mol. The van der Waals surface area contributed by atoms with E-state index in [1.807, 2.05) is 6.07 Å². The number of fused-ring (bicyclic) bond motifs is 3. The van der Waals surface area contributed by atoms with E-state index < -0.39 is 71.5 Å². The fourth-order valence-corrected chi connectivity index (χ4v) is 8.83. The molecule has 0 heterocycles. The van der Waals surface area contributed by atoms with E-state index in [0.29, 0.717) is 11.4 Å². The summed E-state index contributed by atoms with van der Waals surface area (Å²) >= 11 is 0. The van der Waals surface area contributed by atoms with Crippen LogP contribution in [0, 0.1) is 0 Å². The van der Waals surface area contributed by atoms with Gasteiger partial charge in [0.1, 0.15) is 46.2 Å². The fraction of sp³-hybridized carbons (Fsp3) is 0. The van der Waals surface area contributed by atoms with E-state index in [0.717, 1.165) is 42.5 Å². The number of azo groups is 3. The van der Waals surface area contributed by atoms with E-state index in [2.05, 4.69) is 36.0 Å². The molecular weight excluding hydrogens is 1030 g/mol. The number of anilines is 2. The maximum absolute atomic E-state index is 12.5. The first-order valence-corrected chi connectivity index (χ1v) is 24.2. The Morgan fingerprint density at radius 1 is 0.386 bits per heavy atom. The van der Waals surface area contributed by atoms with Gasteiger partial charge in [-0.05, 0) is 109 Å². The topological polar surface area (TPSA) is 335 Å². The summed E-state index contributed by atoms with van der Waals surface area (Å²) in [5.41, 5.74) is 0.381. The summed E-state index contributed by atoms with van der Waals surface area (Å²) in [5.74, 6) is -0.710. The van der Waals surface area contributed by atoms with Gasteiger partial charge in [-0.3, -0.25) is 0 Å². The molecular formula is C42H25N7Na4O13S4. The molecule has 334 valence electrons. The number of phenolic OH excluding ortho intramolecular Hbond substituents is 1. The number of benzene rings is 8. The molecule has 0 bridgehead atoms. The van der Waals surface area contributed by atoms with E-state index in [4.69, 9.17) is 0 Å². The Bertz CT molecular complexity index is 3890. The zero-order chi connectivity index (χ0) is 47.2. The van der Waals surface area contributed by atoms with Crippen molar-refractivity contribution in [2.24, 2.45) is 30.7 Å². The molecule has 0 aromatic heterocycles. The molecule has 0 aliphatic heterocycles. The first-order valence-electron chi connectivity index (χ1n) is 18.6. The van der Waals surface area contributed by atoms with Crippen molar-refractivity contribution in [1.82, 2.24) is 0 Å². The van der Waals surface area contributed by atoms with E-state index >= 15 is 0 Å². The summed E-state index contributed by atoms with van der Waals surface area (Å²) in [5, 5.41) is 39.6. The predicted molar refractivity (Wildman–Crippen MR) is 234 cm³/mol. The number of nitrogens with one attached hydrogen (secondary N) is 1. The van der Waals surface area contributed by atoms with Crippen molar-refractivity contribution in [1.29, 1.82) is 0 Å². The molecule has 20 nitrogen and oxygen atoms in total. The van der Waals surface area contributed by atoms with Gasteiger partial charge in [0.25, 0.3) is 0 Å². The van der Waals surface area contributed by atoms with Gasteiger partial charge in [-0.1, -0.05) is 36.4 Å². The third kappa shape index (κ3) is 13.6. The van der Waals surface area contributed by atoms with E-state index in [9.17, 15) is 57.0 Å². The van der Waals surface area contributed by atoms with Crippen LogP contribution in [0.5, 0.6) is 5.75 Å². The summed E-state index contributed by atoms with van der Waals surface area (Å²) in [4.78, 5) is -2.83. The van der Waals surface area contributed by atoms with Crippen LogP contribution in [0.25, 0.3) is 32.3 Å². The Kier molecular flexibility index (Phi) is 20.0. The molecule has 8 aromatic rings. The number of nitrogens with zero attached hydrogens (tertiary/aromatic N) is 6. The van der Waals surface area contributed by atoms with Crippen LogP contribution < -0.4 is 124 Å². The average molecular weight is 1060 g/mol. The van der Waals surface area contributed by atoms with Crippen LogP contribution in [0.1, 0.15) is 0 Å². The second kappa shape index (κ2) is 23.6. The van der Waals surface area contributed by atoms with E-state index in [-0.39, 0.29) is 179 Å². The van der Waals surface area contributed by atoms with Crippen molar-refractivity contribution in [3.05, 3.63) is 140 Å². The summed E-state index contributed by atoms with van der Waals surface area (Å²) < 4.78 is 145. The molecule has 2 N–H and O–H groups in total. The summed E-state index contributed by atoms with van der Waals surface area (Å²) in [6.07, 6.45) is 0. The number of para-hydroxylation sites is 1. The van der Waals surface area contributed by atoms with Gasteiger partial charge in [-0.25, -0.2) is 33.7 Å². The quantitative estimate of drug-likeness (QED) is 0.0725. The Hall–Kier alpha value is -3.42. The summed E-state index contributed by atoms with van der Waals surface area (Å²) in [6.45, 7) is 0. The van der Waals surface area contributed by atoms with Crippen LogP contribution in [-0.4, -0.2) is 57.0 Å². The third-order valence-electron chi connectivity index (χ3n) is 9.75. The van der Waals surface area contributed by atoms with Crippen molar-refractivity contribution < 1.29 is 175 Å². The molecule has 0 atom stereocenters. The molecule has 8 rings (SSSR count). The van der Waals surface area contributed by atoms with Gasteiger partial charge in [0.15, 0.2) is 5.75 Å². The van der Waals surface area contributed by atoms with Gasteiger partial charge < -0.3 is 28.6 Å². The first kappa shape index (κ1) is 59.1. The van der Waals surface area contributed by atoms with E-state index in [1.54, 1.807) is 30.3 Å². The smallest absolute Gasteiger partial charge is 0.744 e. The number of aromatic hydroxyl groups is 1. The zero-order valence-electron chi connectivity index (χ0n) is 36.9. The number of rotatable bonds is 12. The zero-order valence-corrected chi connectivity index (χ0v) is 48.2. The van der Waals surface area contributed by atoms with Gasteiger partial charge in [-0.15, -0.1) is 25.6 Å². The van der Waals surface area contributed by atoms with Crippen LogP contribution in [0.15, 0.2) is 190 Å². The van der Waals surface area contributed by atoms with Gasteiger partial charge in [0.05, 0.1) is 48.0 Å². The average Bonchev–Trinajstić information content (AvgIpc) is 3.26. The first-order chi connectivity index (χ1) is 31.1. The predicted octanol–water partition coefficient (Wildman–Crippen LogP) is -2.53. The Morgan fingerprint density at radius 2 is 0.843 bits per heavy atom. The van der Waals surface area contributed by atoms with Crippen LogP contribution in [0.3, 0.4) is 0 Å². The minimum absolute atomic E-state index is 0.